The first-order valence-electron chi connectivity index (χ1n) is 6.69. The van der Waals surface area contributed by atoms with E-state index in [2.05, 4.69) is 38.7 Å². The van der Waals surface area contributed by atoms with Crippen molar-refractivity contribution in [2.24, 2.45) is 17.6 Å². The fraction of sp³-hybridized carbons (Fsp3) is 0.929. The number of nitriles is 1. The molecule has 100 valence electrons. The van der Waals surface area contributed by atoms with Gasteiger partial charge in [-0.15, -0.1) is 0 Å². The molecule has 1 unspecified atom stereocenters. The normalized spacial score (nSPS) is 15.3. The molecule has 0 aromatic carbocycles. The summed E-state index contributed by atoms with van der Waals surface area (Å²) in [7, 11) is 0. The molecule has 0 fully saturated rings. The Morgan fingerprint density at radius 3 is 1.82 bits per heavy atom. The van der Waals surface area contributed by atoms with Crippen LogP contribution in [-0.2, 0) is 0 Å². The van der Waals surface area contributed by atoms with Crippen LogP contribution in [0.3, 0.4) is 0 Å². The smallest absolute Gasteiger partial charge is 0.114 e. The maximum Gasteiger partial charge on any atom is 0.114 e. The minimum Gasteiger partial charge on any atom is -0.313 e. The van der Waals surface area contributed by atoms with Crippen LogP contribution in [0.4, 0.5) is 0 Å². The molecule has 0 rings (SSSR count). The number of nitrogens with two attached hydrogens (primary N) is 1. The summed E-state index contributed by atoms with van der Waals surface area (Å²) in [6.45, 7) is 13.5. The van der Waals surface area contributed by atoms with Gasteiger partial charge in [-0.3, -0.25) is 0 Å². The van der Waals surface area contributed by atoms with Gasteiger partial charge >= 0.3 is 0 Å². The SMILES string of the molecule is CC(C)CCN(CCC(C)C)CC(C)(N)C#N. The lowest BCUT2D eigenvalue weighted by atomic mass is 10.0. The first kappa shape index (κ1) is 16.4. The van der Waals surface area contributed by atoms with Gasteiger partial charge in [-0.25, -0.2) is 0 Å². The summed E-state index contributed by atoms with van der Waals surface area (Å²) in [5.41, 5.74) is 5.20. The maximum absolute atomic E-state index is 9.00. The highest BCUT2D eigenvalue weighted by Crippen LogP contribution is 2.09. The van der Waals surface area contributed by atoms with E-state index >= 15 is 0 Å². The number of hydrogen-bond donors (Lipinski definition) is 1. The molecule has 17 heavy (non-hydrogen) atoms. The van der Waals surface area contributed by atoms with Gasteiger partial charge in [0.05, 0.1) is 6.07 Å². The summed E-state index contributed by atoms with van der Waals surface area (Å²) in [6, 6.07) is 2.18. The molecule has 0 bridgehead atoms. The molecule has 0 aromatic rings. The van der Waals surface area contributed by atoms with E-state index in [1.165, 1.54) is 12.8 Å². The zero-order chi connectivity index (χ0) is 13.5. The lowest BCUT2D eigenvalue weighted by Crippen LogP contribution is -2.47. The van der Waals surface area contributed by atoms with Gasteiger partial charge in [0.25, 0.3) is 0 Å². The Labute approximate surface area is 107 Å². The summed E-state index contributed by atoms with van der Waals surface area (Å²) in [5, 5.41) is 9.00. The molecule has 0 radical (unpaired) electrons. The Balaban J connectivity index is 4.25. The van der Waals surface area contributed by atoms with E-state index in [4.69, 9.17) is 11.0 Å². The molecule has 0 heterocycles. The second kappa shape index (κ2) is 7.68. The van der Waals surface area contributed by atoms with Crippen molar-refractivity contribution in [1.29, 1.82) is 5.26 Å². The van der Waals surface area contributed by atoms with Gasteiger partial charge in [0.2, 0.25) is 0 Å². The lowest BCUT2D eigenvalue weighted by Gasteiger charge is -2.29. The fourth-order valence-electron chi connectivity index (χ4n) is 1.65. The van der Waals surface area contributed by atoms with Crippen LogP contribution < -0.4 is 5.73 Å². The highest BCUT2D eigenvalue weighted by molar-refractivity contribution is 5.03. The lowest BCUT2D eigenvalue weighted by molar-refractivity contribution is 0.216. The van der Waals surface area contributed by atoms with Gasteiger partial charge in [-0.1, -0.05) is 27.7 Å². The van der Waals surface area contributed by atoms with Crippen molar-refractivity contribution in [3.8, 4) is 6.07 Å². The van der Waals surface area contributed by atoms with E-state index in [0.717, 1.165) is 13.1 Å². The number of rotatable bonds is 8. The Hall–Kier alpha value is -0.590. The minimum absolute atomic E-state index is 0.670. The average Bonchev–Trinajstić information content (AvgIpc) is 2.21. The molecule has 0 amide bonds. The van der Waals surface area contributed by atoms with Gasteiger partial charge in [-0.2, -0.15) is 5.26 Å². The predicted molar refractivity (Wildman–Crippen MR) is 73.6 cm³/mol. The third-order valence-electron chi connectivity index (χ3n) is 2.85. The molecule has 0 aromatic heterocycles. The quantitative estimate of drug-likeness (QED) is 0.708. The van der Waals surface area contributed by atoms with Crippen molar-refractivity contribution in [1.82, 2.24) is 4.90 Å². The fourth-order valence-corrected chi connectivity index (χ4v) is 1.65. The number of hydrogen-bond acceptors (Lipinski definition) is 3. The molecular formula is C14H29N3. The largest absolute Gasteiger partial charge is 0.313 e. The van der Waals surface area contributed by atoms with Crippen molar-refractivity contribution in [2.75, 3.05) is 19.6 Å². The molecule has 3 nitrogen and oxygen atoms in total. The van der Waals surface area contributed by atoms with E-state index in [-0.39, 0.29) is 0 Å². The Morgan fingerprint density at radius 2 is 1.53 bits per heavy atom. The van der Waals surface area contributed by atoms with Gasteiger partial charge in [0.1, 0.15) is 5.54 Å². The van der Waals surface area contributed by atoms with Gasteiger partial charge in [0, 0.05) is 6.54 Å². The Morgan fingerprint density at radius 1 is 1.12 bits per heavy atom. The van der Waals surface area contributed by atoms with Crippen LogP contribution in [0.15, 0.2) is 0 Å². The second-order valence-electron chi connectivity index (χ2n) is 6.17. The Kier molecular flexibility index (Phi) is 7.41. The zero-order valence-electron chi connectivity index (χ0n) is 12.2. The Bertz CT molecular complexity index is 226. The number of nitrogens with zero attached hydrogens (tertiary/aromatic N) is 2. The predicted octanol–water partition coefficient (Wildman–Crippen LogP) is 2.62. The summed E-state index contributed by atoms with van der Waals surface area (Å²) in [4.78, 5) is 2.34. The van der Waals surface area contributed by atoms with E-state index in [0.29, 0.717) is 18.4 Å². The molecule has 0 saturated heterocycles. The monoisotopic (exact) mass is 239 g/mol. The minimum atomic E-state index is -0.728. The molecule has 0 aliphatic rings. The highest BCUT2D eigenvalue weighted by Gasteiger charge is 2.21. The van der Waals surface area contributed by atoms with Crippen molar-refractivity contribution in [2.45, 2.75) is 53.0 Å². The first-order valence-corrected chi connectivity index (χ1v) is 6.69. The third-order valence-corrected chi connectivity index (χ3v) is 2.85. The average molecular weight is 239 g/mol. The van der Waals surface area contributed by atoms with Crippen molar-refractivity contribution in [3.05, 3.63) is 0 Å². The van der Waals surface area contributed by atoms with Crippen molar-refractivity contribution in [3.63, 3.8) is 0 Å². The van der Waals surface area contributed by atoms with Gasteiger partial charge < -0.3 is 10.6 Å². The topological polar surface area (TPSA) is 53.0 Å². The molecule has 0 aliphatic heterocycles. The van der Waals surface area contributed by atoms with Crippen LogP contribution in [0.25, 0.3) is 0 Å². The zero-order valence-corrected chi connectivity index (χ0v) is 12.2. The van der Waals surface area contributed by atoms with Gasteiger partial charge in [-0.05, 0) is 44.7 Å². The second-order valence-corrected chi connectivity index (χ2v) is 6.17. The van der Waals surface area contributed by atoms with Crippen LogP contribution >= 0.6 is 0 Å². The van der Waals surface area contributed by atoms with Crippen molar-refractivity contribution >= 4 is 0 Å². The van der Waals surface area contributed by atoms with E-state index in [1.807, 2.05) is 6.92 Å². The third kappa shape index (κ3) is 9.14. The van der Waals surface area contributed by atoms with E-state index < -0.39 is 5.54 Å². The molecule has 1 atom stereocenters. The van der Waals surface area contributed by atoms with E-state index in [9.17, 15) is 0 Å². The maximum atomic E-state index is 9.00. The molecular weight excluding hydrogens is 210 g/mol. The van der Waals surface area contributed by atoms with Gasteiger partial charge in [0.15, 0.2) is 0 Å². The molecule has 0 aliphatic carbocycles. The molecule has 3 heteroatoms. The van der Waals surface area contributed by atoms with Crippen molar-refractivity contribution < 1.29 is 0 Å². The summed E-state index contributed by atoms with van der Waals surface area (Å²) in [5.74, 6) is 1.39. The van der Waals surface area contributed by atoms with Crippen LogP contribution in [0.2, 0.25) is 0 Å². The standard InChI is InChI=1S/C14H29N3/c1-12(2)6-8-17(9-7-13(3)4)11-14(5,16)10-15/h12-13H,6-9,11,16H2,1-5H3. The molecule has 0 saturated carbocycles. The van der Waals surface area contributed by atoms with Crippen LogP contribution in [0, 0.1) is 23.2 Å². The van der Waals surface area contributed by atoms with Crippen LogP contribution in [0.1, 0.15) is 47.5 Å². The van der Waals surface area contributed by atoms with E-state index in [1.54, 1.807) is 0 Å². The summed E-state index contributed by atoms with van der Waals surface area (Å²) < 4.78 is 0. The summed E-state index contributed by atoms with van der Waals surface area (Å²) in [6.07, 6.45) is 2.33. The molecule has 0 spiro atoms. The highest BCUT2D eigenvalue weighted by atomic mass is 15.1. The van der Waals surface area contributed by atoms with Crippen LogP contribution in [-0.4, -0.2) is 30.1 Å². The van der Waals surface area contributed by atoms with Crippen LogP contribution in [0.5, 0.6) is 0 Å². The first-order chi connectivity index (χ1) is 7.76. The molecule has 2 N–H and O–H groups in total. The summed E-state index contributed by atoms with van der Waals surface area (Å²) >= 11 is 0.